The standard InChI is InChI=1S/C15H22N2O3S/c1-2-6-15(14(19)20)7-4-8-17(15)11-13(18)16-10-12-5-3-9-21-12/h3,5,9H,2,4,6-8,10-11H2,1H3,(H,16,18)(H,19,20). The molecule has 1 saturated heterocycles. The largest absolute Gasteiger partial charge is 0.480 e. The number of thiophene rings is 1. The van der Waals surface area contributed by atoms with E-state index in [9.17, 15) is 14.7 Å². The quantitative estimate of drug-likeness (QED) is 0.809. The van der Waals surface area contributed by atoms with Crippen molar-refractivity contribution in [1.82, 2.24) is 10.2 Å². The molecule has 0 saturated carbocycles. The van der Waals surface area contributed by atoms with E-state index in [0.29, 0.717) is 25.9 Å². The highest BCUT2D eigenvalue weighted by molar-refractivity contribution is 7.09. The number of carboxylic acids is 1. The van der Waals surface area contributed by atoms with E-state index >= 15 is 0 Å². The molecule has 0 aliphatic carbocycles. The minimum Gasteiger partial charge on any atom is -0.480 e. The van der Waals surface area contributed by atoms with Gasteiger partial charge in [-0.15, -0.1) is 11.3 Å². The van der Waals surface area contributed by atoms with Crippen molar-refractivity contribution in [3.05, 3.63) is 22.4 Å². The summed E-state index contributed by atoms with van der Waals surface area (Å²) in [6.07, 6.45) is 2.87. The van der Waals surface area contributed by atoms with Crippen molar-refractivity contribution >= 4 is 23.2 Å². The molecule has 1 unspecified atom stereocenters. The van der Waals surface area contributed by atoms with E-state index < -0.39 is 11.5 Å². The van der Waals surface area contributed by atoms with Crippen molar-refractivity contribution in [1.29, 1.82) is 0 Å². The van der Waals surface area contributed by atoms with Gasteiger partial charge in [0.15, 0.2) is 0 Å². The molecule has 1 atom stereocenters. The maximum Gasteiger partial charge on any atom is 0.324 e. The number of likely N-dealkylation sites (tertiary alicyclic amines) is 1. The Labute approximate surface area is 129 Å². The van der Waals surface area contributed by atoms with Crippen LogP contribution in [0.25, 0.3) is 0 Å². The Morgan fingerprint density at radius 3 is 2.95 bits per heavy atom. The zero-order valence-corrected chi connectivity index (χ0v) is 13.1. The molecule has 5 nitrogen and oxygen atoms in total. The van der Waals surface area contributed by atoms with Crippen molar-refractivity contribution in [2.75, 3.05) is 13.1 Å². The number of hydrogen-bond acceptors (Lipinski definition) is 4. The third-order valence-corrected chi connectivity index (χ3v) is 4.94. The number of aliphatic carboxylic acids is 1. The number of nitrogens with zero attached hydrogens (tertiary/aromatic N) is 1. The lowest BCUT2D eigenvalue weighted by atomic mass is 9.90. The molecule has 21 heavy (non-hydrogen) atoms. The highest BCUT2D eigenvalue weighted by atomic mass is 32.1. The SMILES string of the molecule is CCCC1(C(=O)O)CCCN1CC(=O)NCc1cccs1. The second-order valence-corrected chi connectivity index (χ2v) is 6.50. The lowest BCUT2D eigenvalue weighted by Crippen LogP contribution is -2.53. The van der Waals surface area contributed by atoms with Gasteiger partial charge in [-0.05, 0) is 37.3 Å². The van der Waals surface area contributed by atoms with Crippen LogP contribution in [0.15, 0.2) is 17.5 Å². The minimum absolute atomic E-state index is 0.105. The molecule has 1 aromatic heterocycles. The molecule has 2 heterocycles. The maximum atomic E-state index is 12.1. The molecule has 2 rings (SSSR count). The molecule has 0 bridgehead atoms. The molecule has 1 amide bonds. The van der Waals surface area contributed by atoms with Crippen molar-refractivity contribution in [3.63, 3.8) is 0 Å². The van der Waals surface area contributed by atoms with E-state index in [1.807, 2.05) is 29.3 Å². The third kappa shape index (κ3) is 3.63. The zero-order valence-electron chi connectivity index (χ0n) is 12.3. The van der Waals surface area contributed by atoms with Crippen molar-refractivity contribution < 1.29 is 14.7 Å². The fourth-order valence-corrected chi connectivity index (χ4v) is 3.68. The first-order valence-electron chi connectivity index (χ1n) is 7.36. The van der Waals surface area contributed by atoms with Crippen LogP contribution in [0.5, 0.6) is 0 Å². The Morgan fingerprint density at radius 2 is 2.33 bits per heavy atom. The van der Waals surface area contributed by atoms with Crippen LogP contribution in [0.2, 0.25) is 0 Å². The van der Waals surface area contributed by atoms with Gasteiger partial charge in [0.05, 0.1) is 13.1 Å². The summed E-state index contributed by atoms with van der Waals surface area (Å²) < 4.78 is 0. The van der Waals surface area contributed by atoms with E-state index in [0.717, 1.165) is 17.7 Å². The van der Waals surface area contributed by atoms with Crippen LogP contribution in [-0.2, 0) is 16.1 Å². The first-order chi connectivity index (χ1) is 10.1. The summed E-state index contributed by atoms with van der Waals surface area (Å²) in [6.45, 7) is 3.34. The Kier molecular flexibility index (Phi) is 5.36. The number of nitrogens with one attached hydrogen (secondary N) is 1. The van der Waals surface area contributed by atoms with Gasteiger partial charge >= 0.3 is 5.97 Å². The van der Waals surface area contributed by atoms with Crippen LogP contribution in [0.1, 0.15) is 37.5 Å². The summed E-state index contributed by atoms with van der Waals surface area (Å²) in [5, 5.41) is 14.4. The summed E-state index contributed by atoms with van der Waals surface area (Å²) in [5.74, 6) is -0.903. The van der Waals surface area contributed by atoms with Crippen molar-refractivity contribution in [2.45, 2.75) is 44.7 Å². The summed E-state index contributed by atoms with van der Waals surface area (Å²) in [5.41, 5.74) is -0.852. The van der Waals surface area contributed by atoms with Gasteiger partial charge in [0.1, 0.15) is 5.54 Å². The minimum atomic E-state index is -0.852. The van der Waals surface area contributed by atoms with Crippen LogP contribution < -0.4 is 5.32 Å². The first-order valence-corrected chi connectivity index (χ1v) is 8.24. The fraction of sp³-hybridized carbons (Fsp3) is 0.600. The normalized spacial score (nSPS) is 22.3. The molecule has 0 spiro atoms. The monoisotopic (exact) mass is 310 g/mol. The molecule has 2 N–H and O–H groups in total. The lowest BCUT2D eigenvalue weighted by Gasteiger charge is -2.34. The number of amides is 1. The number of carboxylic acid groups (broad SMARTS) is 1. The van der Waals surface area contributed by atoms with Gasteiger partial charge in [0, 0.05) is 4.88 Å². The summed E-state index contributed by atoms with van der Waals surface area (Å²) in [7, 11) is 0. The molecule has 116 valence electrons. The zero-order chi connectivity index (χ0) is 15.3. The molecular formula is C15H22N2O3S. The van der Waals surface area contributed by atoms with Crippen LogP contribution in [0, 0.1) is 0 Å². The number of carbonyl (C=O) groups is 2. The van der Waals surface area contributed by atoms with Crippen LogP contribution in [0.4, 0.5) is 0 Å². The predicted octanol–water partition coefficient (Wildman–Crippen LogP) is 2.08. The van der Waals surface area contributed by atoms with E-state index in [2.05, 4.69) is 5.32 Å². The van der Waals surface area contributed by atoms with Gasteiger partial charge in [0.25, 0.3) is 0 Å². The Morgan fingerprint density at radius 1 is 1.52 bits per heavy atom. The van der Waals surface area contributed by atoms with Gasteiger partial charge < -0.3 is 10.4 Å². The first kappa shape index (κ1) is 16.0. The van der Waals surface area contributed by atoms with E-state index in [-0.39, 0.29) is 12.5 Å². The van der Waals surface area contributed by atoms with E-state index in [1.54, 1.807) is 11.3 Å². The van der Waals surface area contributed by atoms with Gasteiger partial charge in [-0.3, -0.25) is 14.5 Å². The van der Waals surface area contributed by atoms with Crippen LogP contribution in [-0.4, -0.2) is 40.5 Å². The molecule has 0 aromatic carbocycles. The van der Waals surface area contributed by atoms with Gasteiger partial charge in [-0.1, -0.05) is 19.4 Å². The predicted molar refractivity (Wildman–Crippen MR) is 82.2 cm³/mol. The topological polar surface area (TPSA) is 69.6 Å². The van der Waals surface area contributed by atoms with Gasteiger partial charge in [0.2, 0.25) is 5.91 Å². The average Bonchev–Trinajstić information content (AvgIpc) is 3.08. The molecular weight excluding hydrogens is 288 g/mol. The second kappa shape index (κ2) is 7.04. The van der Waals surface area contributed by atoms with E-state index in [4.69, 9.17) is 0 Å². The molecule has 6 heteroatoms. The summed E-state index contributed by atoms with van der Waals surface area (Å²) in [4.78, 5) is 26.7. The highest BCUT2D eigenvalue weighted by Gasteiger charge is 2.47. The molecule has 0 radical (unpaired) electrons. The number of carbonyl (C=O) groups excluding carboxylic acids is 1. The molecule has 1 aliphatic rings. The molecule has 1 aliphatic heterocycles. The average molecular weight is 310 g/mol. The second-order valence-electron chi connectivity index (χ2n) is 5.47. The Bertz CT molecular complexity index is 489. The lowest BCUT2D eigenvalue weighted by molar-refractivity contribution is -0.151. The Balaban J connectivity index is 1.93. The summed E-state index contributed by atoms with van der Waals surface area (Å²) >= 11 is 1.60. The van der Waals surface area contributed by atoms with Gasteiger partial charge in [-0.2, -0.15) is 0 Å². The van der Waals surface area contributed by atoms with Crippen LogP contribution >= 0.6 is 11.3 Å². The molecule has 1 aromatic rings. The molecule has 1 fully saturated rings. The highest BCUT2D eigenvalue weighted by Crippen LogP contribution is 2.33. The van der Waals surface area contributed by atoms with Crippen LogP contribution in [0.3, 0.4) is 0 Å². The maximum absolute atomic E-state index is 12.1. The number of hydrogen-bond donors (Lipinski definition) is 2. The van der Waals surface area contributed by atoms with Crippen molar-refractivity contribution in [3.8, 4) is 0 Å². The van der Waals surface area contributed by atoms with Gasteiger partial charge in [-0.25, -0.2) is 0 Å². The van der Waals surface area contributed by atoms with Crippen molar-refractivity contribution in [2.24, 2.45) is 0 Å². The summed E-state index contributed by atoms with van der Waals surface area (Å²) in [6, 6.07) is 3.92. The fourth-order valence-electron chi connectivity index (χ4n) is 3.04. The number of rotatable bonds is 7. The smallest absolute Gasteiger partial charge is 0.324 e. The van der Waals surface area contributed by atoms with E-state index in [1.165, 1.54) is 0 Å². The Hall–Kier alpha value is -1.40. The third-order valence-electron chi connectivity index (χ3n) is 4.06.